The van der Waals surface area contributed by atoms with Crippen molar-refractivity contribution in [2.45, 2.75) is 39.7 Å². The lowest BCUT2D eigenvalue weighted by molar-refractivity contribution is 0.0901. The van der Waals surface area contributed by atoms with Gasteiger partial charge in [-0.1, -0.05) is 13.8 Å². The van der Waals surface area contributed by atoms with E-state index in [1.165, 1.54) is 11.3 Å². The molecule has 0 spiro atoms. The number of hydrogen-bond donors (Lipinski definition) is 2. The number of carbonyl (C=O) groups excluding carboxylic acids is 1. The van der Waals surface area contributed by atoms with Crippen molar-refractivity contribution in [1.82, 2.24) is 20.3 Å². The van der Waals surface area contributed by atoms with E-state index >= 15 is 0 Å². The van der Waals surface area contributed by atoms with Gasteiger partial charge in [0, 0.05) is 18.9 Å². The highest BCUT2D eigenvalue weighted by atomic mass is 32.1. The van der Waals surface area contributed by atoms with Crippen molar-refractivity contribution in [3.05, 3.63) is 29.0 Å². The van der Waals surface area contributed by atoms with E-state index in [2.05, 4.69) is 34.1 Å². The number of aryl methyl sites for hydroxylation is 1. The molecule has 6 nitrogen and oxygen atoms in total. The molecule has 1 unspecified atom stereocenters. The number of amides is 1. The highest BCUT2D eigenvalue weighted by Crippen LogP contribution is 2.26. The number of nitrogens with one attached hydrogen (secondary N) is 1. The second-order valence-electron chi connectivity index (χ2n) is 6.32. The summed E-state index contributed by atoms with van der Waals surface area (Å²) in [6.45, 7) is 8.41. The van der Waals surface area contributed by atoms with Gasteiger partial charge in [-0.25, -0.2) is 15.0 Å². The SMILES string of the molecule is Cc1nc(-c2ncccn2)sc1C(=O)NC(C)(CN)CC(C)C. The first-order valence-corrected chi connectivity index (χ1v) is 8.43. The Labute approximate surface area is 140 Å². The maximum absolute atomic E-state index is 12.6. The Hall–Kier alpha value is -1.86. The Morgan fingerprint density at radius 2 is 2.04 bits per heavy atom. The van der Waals surface area contributed by atoms with Crippen LogP contribution in [0.1, 0.15) is 42.6 Å². The molecule has 1 atom stereocenters. The number of hydrogen-bond acceptors (Lipinski definition) is 6. The van der Waals surface area contributed by atoms with Gasteiger partial charge in [0.2, 0.25) is 0 Å². The van der Waals surface area contributed by atoms with Crippen LogP contribution in [0.4, 0.5) is 0 Å². The van der Waals surface area contributed by atoms with E-state index in [1.807, 2.05) is 13.8 Å². The van der Waals surface area contributed by atoms with Gasteiger partial charge >= 0.3 is 0 Å². The molecule has 0 saturated heterocycles. The van der Waals surface area contributed by atoms with Crippen molar-refractivity contribution in [3.8, 4) is 10.8 Å². The molecule has 0 aromatic carbocycles. The summed E-state index contributed by atoms with van der Waals surface area (Å²) < 4.78 is 0. The van der Waals surface area contributed by atoms with Crippen molar-refractivity contribution in [1.29, 1.82) is 0 Å². The fourth-order valence-electron chi connectivity index (χ4n) is 2.53. The molecule has 0 saturated carbocycles. The van der Waals surface area contributed by atoms with Crippen LogP contribution in [0.3, 0.4) is 0 Å². The standard InChI is InChI=1S/C16H23N5OS/c1-10(2)8-16(4,9-17)21-14(22)12-11(3)20-15(23-12)13-18-6-5-7-19-13/h5-7,10H,8-9,17H2,1-4H3,(H,21,22). The number of thiazole rings is 1. The second-order valence-corrected chi connectivity index (χ2v) is 7.32. The van der Waals surface area contributed by atoms with Crippen LogP contribution >= 0.6 is 11.3 Å². The number of carbonyl (C=O) groups is 1. The van der Waals surface area contributed by atoms with Gasteiger partial charge < -0.3 is 11.1 Å². The predicted octanol–water partition coefficient (Wildman–Crippen LogP) is 2.40. The van der Waals surface area contributed by atoms with Crippen LogP contribution in [0.2, 0.25) is 0 Å². The summed E-state index contributed by atoms with van der Waals surface area (Å²) in [5.41, 5.74) is 6.12. The van der Waals surface area contributed by atoms with Gasteiger partial charge in [0.15, 0.2) is 10.8 Å². The third-order valence-electron chi connectivity index (χ3n) is 3.48. The molecule has 0 fully saturated rings. The predicted molar refractivity (Wildman–Crippen MR) is 92.3 cm³/mol. The van der Waals surface area contributed by atoms with Crippen LogP contribution in [0.5, 0.6) is 0 Å². The molecule has 0 aliphatic rings. The molecule has 2 aromatic rings. The molecule has 3 N–H and O–H groups in total. The van der Waals surface area contributed by atoms with E-state index in [-0.39, 0.29) is 5.91 Å². The topological polar surface area (TPSA) is 93.8 Å². The Morgan fingerprint density at radius 1 is 1.39 bits per heavy atom. The molecular weight excluding hydrogens is 310 g/mol. The van der Waals surface area contributed by atoms with Gasteiger partial charge in [0.25, 0.3) is 5.91 Å². The number of rotatable bonds is 6. The summed E-state index contributed by atoms with van der Waals surface area (Å²) in [6, 6.07) is 1.75. The van der Waals surface area contributed by atoms with Crippen molar-refractivity contribution in [2.75, 3.05) is 6.54 Å². The molecule has 2 aromatic heterocycles. The fraction of sp³-hybridized carbons (Fsp3) is 0.500. The summed E-state index contributed by atoms with van der Waals surface area (Å²) >= 11 is 1.30. The summed E-state index contributed by atoms with van der Waals surface area (Å²) in [5, 5.41) is 3.71. The van der Waals surface area contributed by atoms with E-state index < -0.39 is 5.54 Å². The summed E-state index contributed by atoms with van der Waals surface area (Å²) in [7, 11) is 0. The molecule has 7 heteroatoms. The number of nitrogens with two attached hydrogens (primary N) is 1. The average molecular weight is 333 g/mol. The third-order valence-corrected chi connectivity index (χ3v) is 4.64. The number of aromatic nitrogens is 3. The minimum absolute atomic E-state index is 0.143. The van der Waals surface area contributed by atoms with E-state index in [9.17, 15) is 4.79 Å². The fourth-order valence-corrected chi connectivity index (χ4v) is 3.44. The molecule has 124 valence electrons. The number of nitrogens with zero attached hydrogens (tertiary/aromatic N) is 3. The molecule has 0 radical (unpaired) electrons. The first kappa shape index (κ1) is 17.5. The highest BCUT2D eigenvalue weighted by Gasteiger charge is 2.28. The summed E-state index contributed by atoms with van der Waals surface area (Å²) in [5.74, 6) is 0.832. The Kier molecular flexibility index (Phi) is 5.43. The van der Waals surface area contributed by atoms with Crippen LogP contribution in [0, 0.1) is 12.8 Å². The maximum Gasteiger partial charge on any atom is 0.263 e. The molecule has 1 amide bonds. The Bertz CT molecular complexity index is 670. The van der Waals surface area contributed by atoms with Gasteiger partial charge in [0.05, 0.1) is 11.2 Å². The summed E-state index contributed by atoms with van der Waals surface area (Å²) in [6.07, 6.45) is 4.14. The lowest BCUT2D eigenvalue weighted by Crippen LogP contribution is -2.52. The zero-order valence-corrected chi connectivity index (χ0v) is 14.8. The zero-order valence-electron chi connectivity index (χ0n) is 14.0. The lowest BCUT2D eigenvalue weighted by atomic mass is 9.90. The van der Waals surface area contributed by atoms with Crippen molar-refractivity contribution in [3.63, 3.8) is 0 Å². The smallest absolute Gasteiger partial charge is 0.263 e. The quantitative estimate of drug-likeness (QED) is 0.846. The van der Waals surface area contributed by atoms with Gasteiger partial charge in [0.1, 0.15) is 4.88 Å². The minimum atomic E-state index is -0.426. The highest BCUT2D eigenvalue weighted by molar-refractivity contribution is 7.17. The van der Waals surface area contributed by atoms with Crippen LogP contribution in [-0.4, -0.2) is 32.9 Å². The Balaban J connectivity index is 2.22. The molecular formula is C16H23N5OS. The van der Waals surface area contributed by atoms with Crippen LogP contribution in [-0.2, 0) is 0 Å². The third kappa shape index (κ3) is 4.33. The van der Waals surface area contributed by atoms with Crippen molar-refractivity contribution < 1.29 is 4.79 Å². The van der Waals surface area contributed by atoms with E-state index in [0.717, 1.165) is 6.42 Å². The lowest BCUT2D eigenvalue weighted by Gasteiger charge is -2.31. The van der Waals surface area contributed by atoms with Crippen molar-refractivity contribution in [2.24, 2.45) is 11.7 Å². The van der Waals surface area contributed by atoms with Crippen LogP contribution < -0.4 is 11.1 Å². The van der Waals surface area contributed by atoms with Gasteiger partial charge in [-0.15, -0.1) is 11.3 Å². The average Bonchev–Trinajstić information content (AvgIpc) is 2.89. The minimum Gasteiger partial charge on any atom is -0.345 e. The maximum atomic E-state index is 12.6. The largest absolute Gasteiger partial charge is 0.345 e. The van der Waals surface area contributed by atoms with E-state index in [4.69, 9.17) is 5.73 Å². The van der Waals surface area contributed by atoms with Gasteiger partial charge in [-0.2, -0.15) is 0 Å². The van der Waals surface area contributed by atoms with Gasteiger partial charge in [-0.05, 0) is 32.3 Å². The molecule has 23 heavy (non-hydrogen) atoms. The van der Waals surface area contributed by atoms with E-state index in [0.29, 0.717) is 33.9 Å². The first-order valence-electron chi connectivity index (χ1n) is 7.62. The zero-order chi connectivity index (χ0) is 17.0. The van der Waals surface area contributed by atoms with Crippen LogP contribution in [0.25, 0.3) is 10.8 Å². The molecule has 0 bridgehead atoms. The molecule has 2 rings (SSSR count). The van der Waals surface area contributed by atoms with E-state index in [1.54, 1.807) is 18.5 Å². The van der Waals surface area contributed by atoms with Crippen molar-refractivity contribution >= 4 is 17.2 Å². The molecule has 2 heterocycles. The van der Waals surface area contributed by atoms with Crippen LogP contribution in [0.15, 0.2) is 18.5 Å². The first-order chi connectivity index (χ1) is 10.8. The Morgan fingerprint density at radius 3 is 2.61 bits per heavy atom. The normalized spacial score (nSPS) is 13.8. The monoisotopic (exact) mass is 333 g/mol. The molecule has 0 aliphatic heterocycles. The summed E-state index contributed by atoms with van der Waals surface area (Å²) in [4.78, 5) is 26.0. The van der Waals surface area contributed by atoms with Gasteiger partial charge in [-0.3, -0.25) is 4.79 Å². The molecule has 0 aliphatic carbocycles. The second kappa shape index (κ2) is 7.14.